The Morgan fingerprint density at radius 3 is 2.50 bits per heavy atom. The van der Waals surface area contributed by atoms with Gasteiger partial charge in [0.25, 0.3) is 0 Å². The van der Waals surface area contributed by atoms with E-state index in [0.717, 1.165) is 32.4 Å². The van der Waals surface area contributed by atoms with Crippen molar-refractivity contribution in [1.29, 1.82) is 5.26 Å². The number of hydrogen-bond donors (Lipinski definition) is 1. The van der Waals surface area contributed by atoms with Crippen molar-refractivity contribution in [3.8, 4) is 6.07 Å². The van der Waals surface area contributed by atoms with Crippen molar-refractivity contribution in [1.82, 2.24) is 10.2 Å². The van der Waals surface area contributed by atoms with Crippen LogP contribution in [0.1, 0.15) is 26.2 Å². The molecule has 88 valence electrons. The summed E-state index contributed by atoms with van der Waals surface area (Å²) in [5.74, 6) is 0.741. The van der Waals surface area contributed by atoms with Gasteiger partial charge in [-0.05, 0) is 32.2 Å². The zero-order chi connectivity index (χ0) is 11.8. The minimum atomic E-state index is -0.605. The van der Waals surface area contributed by atoms with Gasteiger partial charge < -0.3 is 10.2 Å². The third kappa shape index (κ3) is 2.19. The predicted octanol–water partition coefficient (Wildman–Crippen LogP) is 0.747. The van der Waals surface area contributed by atoms with E-state index in [9.17, 15) is 10.1 Å². The number of amides is 1. The Balaban J connectivity index is 1.95. The molecule has 2 fully saturated rings. The summed E-state index contributed by atoms with van der Waals surface area (Å²) in [6, 6.07) is 2.31. The molecule has 1 aliphatic carbocycles. The molecule has 1 heterocycles. The van der Waals surface area contributed by atoms with Crippen LogP contribution in [0.4, 0.5) is 0 Å². The first-order chi connectivity index (χ1) is 7.56. The molecule has 0 aromatic heterocycles. The van der Waals surface area contributed by atoms with Gasteiger partial charge in [0.15, 0.2) is 0 Å². The standard InChI is InChI=1S/C12H19N3O/c1-9-7-10(9)11(16)14-12(8-13)3-5-15(2)6-4-12/h9-10H,3-7H2,1-2H3,(H,14,16). The molecule has 0 radical (unpaired) electrons. The maximum Gasteiger partial charge on any atom is 0.224 e. The Morgan fingerprint density at radius 1 is 1.50 bits per heavy atom. The Bertz CT molecular complexity index is 326. The van der Waals surface area contributed by atoms with Crippen LogP contribution in [-0.4, -0.2) is 36.5 Å². The van der Waals surface area contributed by atoms with E-state index in [-0.39, 0.29) is 11.8 Å². The van der Waals surface area contributed by atoms with E-state index in [1.807, 2.05) is 7.05 Å². The lowest BCUT2D eigenvalue weighted by molar-refractivity contribution is -0.124. The molecule has 16 heavy (non-hydrogen) atoms. The topological polar surface area (TPSA) is 56.1 Å². The van der Waals surface area contributed by atoms with Crippen molar-refractivity contribution in [3.05, 3.63) is 0 Å². The van der Waals surface area contributed by atoms with Gasteiger partial charge in [-0.1, -0.05) is 6.92 Å². The molecule has 0 aromatic carbocycles. The molecule has 1 aliphatic heterocycles. The number of nitrogens with one attached hydrogen (secondary N) is 1. The Labute approximate surface area is 96.6 Å². The van der Waals surface area contributed by atoms with Crippen LogP contribution in [0.25, 0.3) is 0 Å². The summed E-state index contributed by atoms with van der Waals surface area (Å²) in [6.07, 6.45) is 2.47. The number of carbonyl (C=O) groups excluding carboxylic acids is 1. The third-order valence-electron chi connectivity index (χ3n) is 3.86. The monoisotopic (exact) mass is 221 g/mol. The van der Waals surface area contributed by atoms with Crippen LogP contribution in [0.3, 0.4) is 0 Å². The summed E-state index contributed by atoms with van der Waals surface area (Å²) in [5, 5.41) is 12.2. The van der Waals surface area contributed by atoms with Gasteiger partial charge in [-0.15, -0.1) is 0 Å². The summed E-state index contributed by atoms with van der Waals surface area (Å²) < 4.78 is 0. The first kappa shape index (κ1) is 11.4. The Kier molecular flexibility index (Phi) is 2.90. The third-order valence-corrected chi connectivity index (χ3v) is 3.86. The van der Waals surface area contributed by atoms with Crippen LogP contribution in [0, 0.1) is 23.2 Å². The molecule has 4 nitrogen and oxygen atoms in total. The molecule has 0 spiro atoms. The number of piperidine rings is 1. The maximum absolute atomic E-state index is 11.9. The van der Waals surface area contributed by atoms with Crippen molar-refractivity contribution in [2.45, 2.75) is 31.7 Å². The van der Waals surface area contributed by atoms with Crippen molar-refractivity contribution < 1.29 is 4.79 Å². The summed E-state index contributed by atoms with van der Waals surface area (Å²) in [7, 11) is 2.05. The SMILES string of the molecule is CC1CC1C(=O)NC1(C#N)CCN(C)CC1. The van der Waals surface area contributed by atoms with Gasteiger partial charge in [-0.3, -0.25) is 4.79 Å². The molecular formula is C12H19N3O. The van der Waals surface area contributed by atoms with Crippen LogP contribution >= 0.6 is 0 Å². The number of hydrogen-bond acceptors (Lipinski definition) is 3. The molecule has 2 rings (SSSR count). The van der Waals surface area contributed by atoms with Gasteiger partial charge in [0.1, 0.15) is 5.54 Å². The number of nitriles is 1. The number of nitrogens with zero attached hydrogens (tertiary/aromatic N) is 2. The molecule has 1 saturated heterocycles. The largest absolute Gasteiger partial charge is 0.337 e. The average molecular weight is 221 g/mol. The fraction of sp³-hybridized carbons (Fsp3) is 0.833. The van der Waals surface area contributed by atoms with Crippen LogP contribution in [0.5, 0.6) is 0 Å². The maximum atomic E-state index is 11.9. The van der Waals surface area contributed by atoms with Crippen LogP contribution in [0.15, 0.2) is 0 Å². The fourth-order valence-electron chi connectivity index (χ4n) is 2.28. The molecule has 2 unspecified atom stereocenters. The van der Waals surface area contributed by atoms with Crippen LogP contribution in [-0.2, 0) is 4.79 Å². The normalized spacial score (nSPS) is 32.8. The first-order valence-electron chi connectivity index (χ1n) is 5.98. The number of rotatable bonds is 2. The van der Waals surface area contributed by atoms with Crippen molar-refractivity contribution >= 4 is 5.91 Å². The molecule has 4 heteroatoms. The van der Waals surface area contributed by atoms with E-state index in [4.69, 9.17) is 0 Å². The highest BCUT2D eigenvalue weighted by Gasteiger charge is 2.43. The summed E-state index contributed by atoms with van der Waals surface area (Å²) >= 11 is 0. The summed E-state index contributed by atoms with van der Waals surface area (Å²) in [5.41, 5.74) is -0.605. The van der Waals surface area contributed by atoms with E-state index in [1.165, 1.54) is 0 Å². The zero-order valence-electron chi connectivity index (χ0n) is 9.99. The predicted molar refractivity (Wildman–Crippen MR) is 60.5 cm³/mol. The quantitative estimate of drug-likeness (QED) is 0.748. The van der Waals surface area contributed by atoms with Crippen molar-refractivity contribution in [2.75, 3.05) is 20.1 Å². The fourth-order valence-corrected chi connectivity index (χ4v) is 2.28. The van der Waals surface area contributed by atoms with E-state index >= 15 is 0 Å². The molecule has 1 N–H and O–H groups in total. The van der Waals surface area contributed by atoms with Gasteiger partial charge in [0.2, 0.25) is 5.91 Å². The van der Waals surface area contributed by atoms with Gasteiger partial charge >= 0.3 is 0 Å². The van der Waals surface area contributed by atoms with E-state index in [1.54, 1.807) is 0 Å². The van der Waals surface area contributed by atoms with Gasteiger partial charge in [-0.25, -0.2) is 0 Å². The smallest absolute Gasteiger partial charge is 0.224 e. The number of carbonyl (C=O) groups is 1. The lowest BCUT2D eigenvalue weighted by Crippen LogP contribution is -2.54. The van der Waals surface area contributed by atoms with Crippen LogP contribution in [0.2, 0.25) is 0 Å². The molecule has 2 aliphatic rings. The molecule has 1 saturated carbocycles. The summed E-state index contributed by atoms with van der Waals surface area (Å²) in [4.78, 5) is 14.0. The highest BCUT2D eigenvalue weighted by molar-refractivity contribution is 5.82. The van der Waals surface area contributed by atoms with Gasteiger partial charge in [0, 0.05) is 19.0 Å². The molecular weight excluding hydrogens is 202 g/mol. The van der Waals surface area contributed by atoms with Crippen molar-refractivity contribution in [3.63, 3.8) is 0 Å². The number of likely N-dealkylation sites (tertiary alicyclic amines) is 1. The Hall–Kier alpha value is -1.08. The minimum absolute atomic E-state index is 0.0820. The van der Waals surface area contributed by atoms with E-state index in [0.29, 0.717) is 5.92 Å². The zero-order valence-corrected chi connectivity index (χ0v) is 9.99. The highest BCUT2D eigenvalue weighted by Crippen LogP contribution is 2.38. The minimum Gasteiger partial charge on any atom is -0.337 e. The lowest BCUT2D eigenvalue weighted by atomic mass is 9.89. The molecule has 0 aromatic rings. The van der Waals surface area contributed by atoms with Crippen LogP contribution < -0.4 is 5.32 Å². The summed E-state index contributed by atoms with van der Waals surface area (Å²) in [6.45, 7) is 3.85. The van der Waals surface area contributed by atoms with E-state index in [2.05, 4.69) is 23.2 Å². The van der Waals surface area contributed by atoms with Crippen molar-refractivity contribution in [2.24, 2.45) is 11.8 Å². The molecule has 0 bridgehead atoms. The first-order valence-corrected chi connectivity index (χ1v) is 5.98. The second kappa shape index (κ2) is 4.06. The highest BCUT2D eigenvalue weighted by atomic mass is 16.2. The van der Waals surface area contributed by atoms with Gasteiger partial charge in [-0.2, -0.15) is 5.26 Å². The second-order valence-electron chi connectivity index (χ2n) is 5.31. The van der Waals surface area contributed by atoms with Gasteiger partial charge in [0.05, 0.1) is 6.07 Å². The Morgan fingerprint density at radius 2 is 2.06 bits per heavy atom. The average Bonchev–Trinajstić information content (AvgIpc) is 3.00. The molecule has 1 amide bonds. The molecule has 2 atom stereocenters. The second-order valence-corrected chi connectivity index (χ2v) is 5.31. The lowest BCUT2D eigenvalue weighted by Gasteiger charge is -2.36. The van der Waals surface area contributed by atoms with E-state index < -0.39 is 5.54 Å².